The monoisotopic (exact) mass is 265 g/mol. The Morgan fingerprint density at radius 1 is 1.33 bits per heavy atom. The predicted molar refractivity (Wildman–Crippen MR) is 69.7 cm³/mol. The van der Waals surface area contributed by atoms with E-state index in [0.29, 0.717) is 22.9 Å². The molecule has 5 heteroatoms. The fourth-order valence-corrected chi connectivity index (χ4v) is 2.98. The van der Waals surface area contributed by atoms with Gasteiger partial charge < -0.3 is 10.2 Å². The van der Waals surface area contributed by atoms with Crippen molar-refractivity contribution in [3.8, 4) is 0 Å². The molecular formula is C13H16ClN3O. The maximum atomic E-state index is 12.4. The molecule has 0 aliphatic carbocycles. The first-order valence-electron chi connectivity index (χ1n) is 6.40. The van der Waals surface area contributed by atoms with Crippen LogP contribution in [0.5, 0.6) is 0 Å². The third kappa shape index (κ3) is 2.35. The summed E-state index contributed by atoms with van der Waals surface area (Å²) in [5.41, 5.74) is 0.445. The second-order valence-electron chi connectivity index (χ2n) is 5.02. The van der Waals surface area contributed by atoms with Crippen molar-refractivity contribution in [2.45, 2.75) is 31.3 Å². The summed E-state index contributed by atoms with van der Waals surface area (Å²) < 4.78 is 0. The maximum Gasteiger partial charge on any atom is 0.272 e. The summed E-state index contributed by atoms with van der Waals surface area (Å²) >= 11 is 5.83. The number of likely N-dealkylation sites (tertiary alicyclic amines) is 1. The van der Waals surface area contributed by atoms with Crippen LogP contribution in [-0.2, 0) is 0 Å². The molecule has 0 saturated carbocycles. The van der Waals surface area contributed by atoms with Crippen LogP contribution in [0, 0.1) is 0 Å². The summed E-state index contributed by atoms with van der Waals surface area (Å²) in [6, 6.07) is 6.21. The van der Waals surface area contributed by atoms with Gasteiger partial charge in [-0.1, -0.05) is 17.7 Å². The molecule has 3 rings (SSSR count). The summed E-state index contributed by atoms with van der Waals surface area (Å²) in [7, 11) is 0. The fraction of sp³-hybridized carbons (Fsp3) is 0.538. The smallest absolute Gasteiger partial charge is 0.272 e. The van der Waals surface area contributed by atoms with Crippen molar-refractivity contribution < 1.29 is 4.79 Å². The Kier molecular flexibility index (Phi) is 3.22. The molecule has 1 aromatic rings. The number of nitrogens with one attached hydrogen (secondary N) is 1. The first-order valence-corrected chi connectivity index (χ1v) is 6.78. The highest BCUT2D eigenvalue weighted by Crippen LogP contribution is 2.21. The van der Waals surface area contributed by atoms with E-state index in [1.165, 1.54) is 6.42 Å². The quantitative estimate of drug-likeness (QED) is 0.786. The molecule has 1 aromatic heterocycles. The average Bonchev–Trinajstić information content (AvgIpc) is 2.68. The molecule has 1 amide bonds. The highest BCUT2D eigenvalue weighted by atomic mass is 35.5. The van der Waals surface area contributed by atoms with Gasteiger partial charge in [-0.25, -0.2) is 4.98 Å². The minimum absolute atomic E-state index is 0.00755. The van der Waals surface area contributed by atoms with Gasteiger partial charge in [0.05, 0.1) is 0 Å². The molecule has 2 fully saturated rings. The number of amides is 1. The van der Waals surface area contributed by atoms with E-state index in [2.05, 4.69) is 10.3 Å². The van der Waals surface area contributed by atoms with Crippen molar-refractivity contribution in [3.05, 3.63) is 29.0 Å². The Hall–Kier alpha value is -1.13. The van der Waals surface area contributed by atoms with Gasteiger partial charge in [0, 0.05) is 25.2 Å². The van der Waals surface area contributed by atoms with Gasteiger partial charge in [0.15, 0.2) is 0 Å². The number of carbonyl (C=O) groups is 1. The van der Waals surface area contributed by atoms with Gasteiger partial charge in [-0.05, 0) is 31.4 Å². The summed E-state index contributed by atoms with van der Waals surface area (Å²) in [4.78, 5) is 18.4. The summed E-state index contributed by atoms with van der Waals surface area (Å²) in [6.07, 6.45) is 3.43. The zero-order chi connectivity index (χ0) is 12.5. The molecule has 2 saturated heterocycles. The maximum absolute atomic E-state index is 12.4. The van der Waals surface area contributed by atoms with E-state index in [4.69, 9.17) is 11.6 Å². The van der Waals surface area contributed by atoms with Crippen LogP contribution < -0.4 is 5.32 Å². The normalized spacial score (nSPS) is 27.1. The molecule has 0 spiro atoms. The summed E-state index contributed by atoms with van der Waals surface area (Å²) in [5, 5.41) is 3.93. The van der Waals surface area contributed by atoms with Crippen molar-refractivity contribution >= 4 is 17.5 Å². The van der Waals surface area contributed by atoms with E-state index >= 15 is 0 Å². The minimum Gasteiger partial charge on any atom is -0.336 e. The zero-order valence-corrected chi connectivity index (χ0v) is 10.9. The lowest BCUT2D eigenvalue weighted by molar-refractivity contribution is 0.0742. The third-order valence-corrected chi connectivity index (χ3v) is 3.96. The zero-order valence-electron chi connectivity index (χ0n) is 10.1. The van der Waals surface area contributed by atoms with Gasteiger partial charge in [0.25, 0.3) is 5.91 Å². The number of pyridine rings is 1. The molecule has 1 N–H and O–H groups in total. The van der Waals surface area contributed by atoms with Crippen LogP contribution in [0.1, 0.15) is 29.8 Å². The van der Waals surface area contributed by atoms with Crippen LogP contribution in [0.4, 0.5) is 0 Å². The van der Waals surface area contributed by atoms with E-state index in [1.807, 2.05) is 4.90 Å². The van der Waals surface area contributed by atoms with Crippen molar-refractivity contribution in [2.24, 2.45) is 0 Å². The largest absolute Gasteiger partial charge is 0.336 e. The third-order valence-electron chi connectivity index (χ3n) is 3.74. The van der Waals surface area contributed by atoms with Crippen LogP contribution in [-0.4, -0.2) is 41.0 Å². The standard InChI is InChI=1S/C13H16ClN3O/c14-12-3-1-2-11(16-12)13(18)17-7-6-9-4-5-10(8-17)15-9/h1-3,9-10,15H,4-8H2. The molecule has 2 aliphatic rings. The molecule has 0 aromatic carbocycles. The van der Waals surface area contributed by atoms with Crippen LogP contribution >= 0.6 is 11.6 Å². The number of rotatable bonds is 1. The number of hydrogen-bond donors (Lipinski definition) is 1. The van der Waals surface area contributed by atoms with E-state index in [1.54, 1.807) is 18.2 Å². The van der Waals surface area contributed by atoms with Gasteiger partial charge in [-0.3, -0.25) is 4.79 Å². The van der Waals surface area contributed by atoms with Crippen LogP contribution in [0.15, 0.2) is 18.2 Å². The SMILES string of the molecule is O=C(c1cccc(Cl)n1)N1CCC2CCC(C1)N2. The molecule has 2 aliphatic heterocycles. The van der Waals surface area contributed by atoms with Crippen LogP contribution in [0.3, 0.4) is 0 Å². The van der Waals surface area contributed by atoms with Crippen molar-refractivity contribution in [3.63, 3.8) is 0 Å². The number of aromatic nitrogens is 1. The van der Waals surface area contributed by atoms with Gasteiger partial charge in [-0.15, -0.1) is 0 Å². The number of hydrogen-bond acceptors (Lipinski definition) is 3. The highest BCUT2D eigenvalue weighted by molar-refractivity contribution is 6.29. The van der Waals surface area contributed by atoms with Gasteiger partial charge in [-0.2, -0.15) is 0 Å². The Morgan fingerprint density at radius 3 is 3.00 bits per heavy atom. The van der Waals surface area contributed by atoms with Crippen molar-refractivity contribution in [1.82, 2.24) is 15.2 Å². The summed E-state index contributed by atoms with van der Waals surface area (Å²) in [5.74, 6) is -0.00755. The molecule has 2 unspecified atom stereocenters. The number of carbonyl (C=O) groups excluding carboxylic acids is 1. The molecule has 0 radical (unpaired) electrons. The Balaban J connectivity index is 1.76. The number of halogens is 1. The Bertz CT molecular complexity index is 465. The lowest BCUT2D eigenvalue weighted by atomic mass is 10.1. The van der Waals surface area contributed by atoms with E-state index in [0.717, 1.165) is 25.9 Å². The van der Waals surface area contributed by atoms with E-state index in [9.17, 15) is 4.79 Å². The van der Waals surface area contributed by atoms with Gasteiger partial charge >= 0.3 is 0 Å². The average molecular weight is 266 g/mol. The van der Waals surface area contributed by atoms with Crippen molar-refractivity contribution in [1.29, 1.82) is 0 Å². The summed E-state index contributed by atoms with van der Waals surface area (Å²) in [6.45, 7) is 1.59. The Labute approximate surface area is 111 Å². The van der Waals surface area contributed by atoms with Crippen LogP contribution in [0.25, 0.3) is 0 Å². The molecular weight excluding hydrogens is 250 g/mol. The lowest BCUT2D eigenvalue weighted by Crippen LogP contribution is -2.39. The fourth-order valence-electron chi connectivity index (χ4n) is 2.82. The van der Waals surface area contributed by atoms with Gasteiger partial charge in [0.2, 0.25) is 0 Å². The van der Waals surface area contributed by atoms with Crippen LogP contribution in [0.2, 0.25) is 5.15 Å². The molecule has 2 atom stereocenters. The first-order chi connectivity index (χ1) is 8.72. The minimum atomic E-state index is -0.00755. The predicted octanol–water partition coefficient (Wildman–Crippen LogP) is 1.70. The number of fused-ring (bicyclic) bond motifs is 2. The number of nitrogens with zero attached hydrogens (tertiary/aromatic N) is 2. The van der Waals surface area contributed by atoms with Gasteiger partial charge in [0.1, 0.15) is 10.8 Å². The molecule has 3 heterocycles. The van der Waals surface area contributed by atoms with E-state index in [-0.39, 0.29) is 5.91 Å². The second-order valence-corrected chi connectivity index (χ2v) is 5.41. The molecule has 96 valence electrons. The van der Waals surface area contributed by atoms with E-state index < -0.39 is 0 Å². The Morgan fingerprint density at radius 2 is 2.17 bits per heavy atom. The highest BCUT2D eigenvalue weighted by Gasteiger charge is 2.31. The molecule has 18 heavy (non-hydrogen) atoms. The topological polar surface area (TPSA) is 45.2 Å². The molecule has 2 bridgehead atoms. The van der Waals surface area contributed by atoms with Crippen molar-refractivity contribution in [2.75, 3.05) is 13.1 Å². The first kappa shape index (κ1) is 11.9. The second kappa shape index (κ2) is 4.86. The lowest BCUT2D eigenvalue weighted by Gasteiger charge is -2.23. The molecule has 4 nitrogen and oxygen atoms in total.